The van der Waals surface area contributed by atoms with Crippen molar-refractivity contribution in [2.45, 2.75) is 72.3 Å². The Kier molecular flexibility index (Phi) is 6.81. The summed E-state index contributed by atoms with van der Waals surface area (Å²) in [5.41, 5.74) is 5.53. The van der Waals surface area contributed by atoms with Crippen molar-refractivity contribution in [3.8, 4) is 0 Å². The molecule has 2 rings (SSSR count). The fraction of sp³-hybridized carbons (Fsp3) is 0.632. The van der Waals surface area contributed by atoms with Crippen LogP contribution in [0.25, 0.3) is 0 Å². The van der Waals surface area contributed by atoms with Gasteiger partial charge in [0.25, 0.3) is 11.8 Å². The number of hydrogen-bond acceptors (Lipinski definition) is 4. The second-order valence-electron chi connectivity index (χ2n) is 7.86. The number of hydrazine groups is 1. The summed E-state index contributed by atoms with van der Waals surface area (Å²) in [5, 5.41) is 2.64. The molecule has 1 aromatic heterocycles. The Hall–Kier alpha value is -1.89. The van der Waals surface area contributed by atoms with Gasteiger partial charge in [-0.25, -0.2) is 0 Å². The lowest BCUT2D eigenvalue weighted by Crippen LogP contribution is -2.52. The number of carbonyl (C=O) groups is 3. The highest BCUT2D eigenvalue weighted by atomic mass is 32.1. The molecule has 0 saturated heterocycles. The lowest BCUT2D eigenvalue weighted by molar-refractivity contribution is -0.133. The van der Waals surface area contributed by atoms with Crippen molar-refractivity contribution in [3.05, 3.63) is 21.4 Å². The smallest absolute Gasteiger partial charge is 0.279 e. The molecule has 6 nitrogen and oxygen atoms in total. The monoisotopic (exact) mass is 379 g/mol. The van der Waals surface area contributed by atoms with Crippen molar-refractivity contribution in [1.82, 2.24) is 16.2 Å². The first kappa shape index (κ1) is 20.4. The van der Waals surface area contributed by atoms with Crippen LogP contribution in [0.2, 0.25) is 0 Å². The minimum atomic E-state index is -0.731. The Morgan fingerprint density at radius 1 is 1.04 bits per heavy atom. The molecular weight excluding hydrogens is 350 g/mol. The molecule has 0 bridgehead atoms. The molecule has 1 aromatic rings. The first-order valence-corrected chi connectivity index (χ1v) is 10.0. The normalized spacial score (nSPS) is 15.8. The Bertz CT molecular complexity index is 651. The third-order valence-corrected chi connectivity index (χ3v) is 5.68. The van der Waals surface area contributed by atoms with Gasteiger partial charge in [0.1, 0.15) is 6.04 Å². The van der Waals surface area contributed by atoms with Crippen LogP contribution in [0.5, 0.6) is 0 Å². The van der Waals surface area contributed by atoms with E-state index in [0.717, 1.165) is 25.7 Å². The third kappa shape index (κ3) is 5.56. The Labute approximate surface area is 159 Å². The van der Waals surface area contributed by atoms with Gasteiger partial charge in [-0.05, 0) is 44.2 Å². The second-order valence-corrected chi connectivity index (χ2v) is 9.00. The highest BCUT2D eigenvalue weighted by Gasteiger charge is 2.25. The maximum Gasteiger partial charge on any atom is 0.279 e. The number of aryl methyl sites for hydroxylation is 2. The topological polar surface area (TPSA) is 87.3 Å². The average Bonchev–Trinajstić information content (AvgIpc) is 2.93. The molecule has 7 heteroatoms. The molecular formula is C19H29N3O3S. The summed E-state index contributed by atoms with van der Waals surface area (Å²) in [7, 11) is 0. The van der Waals surface area contributed by atoms with Gasteiger partial charge in [-0.3, -0.25) is 25.2 Å². The quantitative estimate of drug-likeness (QED) is 0.706. The highest BCUT2D eigenvalue weighted by Crippen LogP contribution is 2.28. The zero-order chi connectivity index (χ0) is 19.3. The predicted octanol–water partition coefficient (Wildman–Crippen LogP) is 2.72. The van der Waals surface area contributed by atoms with Crippen LogP contribution < -0.4 is 16.2 Å². The summed E-state index contributed by atoms with van der Waals surface area (Å²) in [4.78, 5) is 38.3. The standard InChI is InChI=1S/C19H29N3O3S/c1-12(20-18(25)19(2,3)4)16(23)21-22-17(24)15-11-13-9-7-5-6-8-10-14(13)26-15/h11-12H,5-10H2,1-4H3,(H,20,25)(H,21,23)(H,22,24). The molecule has 0 aliphatic heterocycles. The van der Waals surface area contributed by atoms with Crippen molar-refractivity contribution in [3.63, 3.8) is 0 Å². The summed E-state index contributed by atoms with van der Waals surface area (Å²) in [6, 6.07) is 1.21. The van der Waals surface area contributed by atoms with Crippen molar-refractivity contribution in [2.75, 3.05) is 0 Å². The average molecular weight is 380 g/mol. The number of hydrogen-bond donors (Lipinski definition) is 3. The van der Waals surface area contributed by atoms with Crippen LogP contribution in [0.1, 0.15) is 73.5 Å². The van der Waals surface area contributed by atoms with Gasteiger partial charge in [0, 0.05) is 10.3 Å². The van der Waals surface area contributed by atoms with Gasteiger partial charge >= 0.3 is 0 Å². The third-order valence-electron chi connectivity index (χ3n) is 4.44. The molecule has 3 N–H and O–H groups in total. The van der Waals surface area contributed by atoms with E-state index in [0.29, 0.717) is 4.88 Å². The molecule has 0 fully saturated rings. The molecule has 26 heavy (non-hydrogen) atoms. The van der Waals surface area contributed by atoms with Gasteiger partial charge in [0.15, 0.2) is 0 Å². The maximum absolute atomic E-state index is 12.3. The minimum Gasteiger partial charge on any atom is -0.344 e. The Morgan fingerprint density at radius 2 is 1.69 bits per heavy atom. The fourth-order valence-corrected chi connectivity index (χ4v) is 3.87. The van der Waals surface area contributed by atoms with Gasteiger partial charge < -0.3 is 5.32 Å². The van der Waals surface area contributed by atoms with Gasteiger partial charge in [0.05, 0.1) is 4.88 Å². The molecule has 0 radical (unpaired) electrons. The zero-order valence-corrected chi connectivity index (χ0v) is 16.8. The fourth-order valence-electron chi connectivity index (χ4n) is 2.72. The van der Waals surface area contributed by atoms with Crippen molar-refractivity contribution < 1.29 is 14.4 Å². The molecule has 1 heterocycles. The Morgan fingerprint density at radius 3 is 2.35 bits per heavy atom. The molecule has 1 aliphatic carbocycles. The number of fused-ring (bicyclic) bond motifs is 1. The summed E-state index contributed by atoms with van der Waals surface area (Å²) in [6.45, 7) is 6.91. The minimum absolute atomic E-state index is 0.218. The van der Waals surface area contributed by atoms with Gasteiger partial charge in [-0.15, -0.1) is 11.3 Å². The number of nitrogens with one attached hydrogen (secondary N) is 3. The molecule has 0 saturated carbocycles. The van der Waals surface area contributed by atoms with Crippen molar-refractivity contribution in [2.24, 2.45) is 5.41 Å². The van der Waals surface area contributed by atoms with Crippen molar-refractivity contribution in [1.29, 1.82) is 0 Å². The van der Waals surface area contributed by atoms with E-state index in [4.69, 9.17) is 0 Å². The van der Waals surface area contributed by atoms with Gasteiger partial charge in [-0.1, -0.05) is 33.6 Å². The summed E-state index contributed by atoms with van der Waals surface area (Å²) in [6.07, 6.45) is 6.85. The largest absolute Gasteiger partial charge is 0.344 e. The van der Waals surface area contributed by atoms with E-state index in [1.165, 1.54) is 34.6 Å². The maximum atomic E-state index is 12.3. The number of thiophene rings is 1. The second kappa shape index (κ2) is 8.66. The molecule has 3 amide bonds. The van der Waals surface area contributed by atoms with Crippen LogP contribution in [0, 0.1) is 5.41 Å². The first-order valence-electron chi connectivity index (χ1n) is 9.21. The van der Waals surface area contributed by atoms with Crippen LogP contribution in [0.15, 0.2) is 6.07 Å². The molecule has 144 valence electrons. The molecule has 1 atom stereocenters. The van der Waals surface area contributed by atoms with Crippen molar-refractivity contribution >= 4 is 29.1 Å². The Balaban J connectivity index is 1.89. The first-order chi connectivity index (χ1) is 12.2. The van der Waals surface area contributed by atoms with E-state index in [1.807, 2.05) is 6.07 Å². The van der Waals surface area contributed by atoms with E-state index >= 15 is 0 Å². The highest BCUT2D eigenvalue weighted by molar-refractivity contribution is 7.14. The summed E-state index contributed by atoms with van der Waals surface area (Å²) < 4.78 is 0. The van der Waals surface area contributed by atoms with Gasteiger partial charge in [0.2, 0.25) is 5.91 Å². The molecule has 1 unspecified atom stereocenters. The molecule has 1 aliphatic rings. The van der Waals surface area contributed by atoms with Crippen LogP contribution in [0.4, 0.5) is 0 Å². The lowest BCUT2D eigenvalue weighted by Gasteiger charge is -2.21. The van der Waals surface area contributed by atoms with Crippen LogP contribution in [-0.4, -0.2) is 23.8 Å². The van der Waals surface area contributed by atoms with E-state index in [1.54, 1.807) is 27.7 Å². The van der Waals surface area contributed by atoms with Gasteiger partial charge in [-0.2, -0.15) is 0 Å². The lowest BCUT2D eigenvalue weighted by atomic mass is 9.95. The number of carbonyl (C=O) groups excluding carboxylic acids is 3. The summed E-state index contributed by atoms with van der Waals surface area (Å²) >= 11 is 1.51. The van der Waals surface area contributed by atoms with E-state index in [9.17, 15) is 14.4 Å². The van der Waals surface area contributed by atoms with E-state index in [-0.39, 0.29) is 11.8 Å². The number of amides is 3. The zero-order valence-electron chi connectivity index (χ0n) is 16.0. The predicted molar refractivity (Wildman–Crippen MR) is 103 cm³/mol. The van der Waals surface area contributed by atoms with Crippen LogP contribution >= 0.6 is 11.3 Å². The summed E-state index contributed by atoms with van der Waals surface area (Å²) in [5.74, 6) is -0.986. The molecule has 0 aromatic carbocycles. The van der Waals surface area contributed by atoms with Crippen LogP contribution in [0.3, 0.4) is 0 Å². The molecule has 0 spiro atoms. The SMILES string of the molecule is CC(NC(=O)C(C)(C)C)C(=O)NNC(=O)c1cc2c(s1)CCCCCC2. The van der Waals surface area contributed by atoms with E-state index < -0.39 is 17.4 Å². The van der Waals surface area contributed by atoms with E-state index in [2.05, 4.69) is 16.2 Å². The van der Waals surface area contributed by atoms with Crippen LogP contribution in [-0.2, 0) is 22.4 Å². The number of rotatable bonds is 3.